The number of ether oxygens (including phenoxy) is 3. The number of hydrogen-bond donors (Lipinski definition) is 0. The Morgan fingerprint density at radius 2 is 1.49 bits per heavy atom. The average Bonchev–Trinajstić information content (AvgIpc) is 3.23. The maximum atomic E-state index is 12.6. The number of hydrogen-bond acceptors (Lipinski definition) is 5. The second-order valence-corrected chi connectivity index (χ2v) is 15.5. The Balaban J connectivity index is 2.26. The van der Waals surface area contributed by atoms with E-state index in [0.717, 1.165) is 22.3 Å². The molecule has 0 aliphatic carbocycles. The zero-order chi connectivity index (χ0) is 26.0. The lowest BCUT2D eigenvalue weighted by Gasteiger charge is -2.38. The maximum Gasteiger partial charge on any atom is 0.320 e. The molecule has 0 amide bonds. The van der Waals surface area contributed by atoms with Crippen LogP contribution in [-0.2, 0) is 19.1 Å². The van der Waals surface area contributed by atoms with Gasteiger partial charge in [-0.3, -0.25) is 9.59 Å². The van der Waals surface area contributed by atoms with Crippen LogP contribution in [-0.4, -0.2) is 45.7 Å². The third kappa shape index (κ3) is 5.15. The van der Waals surface area contributed by atoms with Crippen molar-refractivity contribution in [2.45, 2.75) is 51.2 Å². The van der Waals surface area contributed by atoms with E-state index in [4.69, 9.17) is 14.2 Å². The molecule has 0 bridgehead atoms. The minimum absolute atomic E-state index is 0.113. The molecule has 3 rings (SSSR count). The van der Waals surface area contributed by atoms with Gasteiger partial charge in [-0.15, -0.1) is 0 Å². The van der Waals surface area contributed by atoms with Crippen molar-refractivity contribution >= 4 is 31.1 Å². The van der Waals surface area contributed by atoms with Gasteiger partial charge in [0.15, 0.2) is 14.2 Å². The molecule has 188 valence electrons. The normalized spacial score (nSPS) is 13.1. The van der Waals surface area contributed by atoms with Gasteiger partial charge in [0, 0.05) is 23.0 Å². The molecule has 3 aromatic rings. The summed E-state index contributed by atoms with van der Waals surface area (Å²) in [4.78, 5) is 25.3. The summed E-state index contributed by atoms with van der Waals surface area (Å²) in [6.07, 6.45) is 2.47. The molecular formula is C28H37NO5Si. The van der Waals surface area contributed by atoms with Crippen LogP contribution in [0.3, 0.4) is 0 Å². The van der Waals surface area contributed by atoms with Crippen molar-refractivity contribution in [3.8, 4) is 5.75 Å². The van der Waals surface area contributed by atoms with E-state index in [-0.39, 0.29) is 17.4 Å². The van der Waals surface area contributed by atoms with Crippen molar-refractivity contribution in [3.63, 3.8) is 0 Å². The molecule has 2 aromatic carbocycles. The second kappa shape index (κ2) is 10.3. The molecular weight excluding hydrogens is 458 g/mol. The highest BCUT2D eigenvalue weighted by Crippen LogP contribution is 2.43. The van der Waals surface area contributed by atoms with Crippen LogP contribution in [0.2, 0.25) is 18.1 Å². The van der Waals surface area contributed by atoms with Crippen LogP contribution in [0.1, 0.15) is 44.2 Å². The van der Waals surface area contributed by atoms with E-state index in [9.17, 15) is 9.59 Å². The van der Waals surface area contributed by atoms with Gasteiger partial charge < -0.3 is 18.4 Å². The molecule has 0 aliphatic rings. The summed E-state index contributed by atoms with van der Waals surface area (Å²) in [7, 11) is 2.25. The van der Waals surface area contributed by atoms with Crippen molar-refractivity contribution in [2.75, 3.05) is 21.3 Å². The summed E-state index contributed by atoms with van der Waals surface area (Å²) in [6, 6.07) is 16.2. The van der Waals surface area contributed by atoms with Gasteiger partial charge in [-0.2, -0.15) is 0 Å². The molecule has 35 heavy (non-hydrogen) atoms. The Morgan fingerprint density at radius 1 is 0.914 bits per heavy atom. The molecule has 1 heterocycles. The Kier molecular flexibility index (Phi) is 7.79. The lowest BCUT2D eigenvalue weighted by molar-refractivity contribution is -0.159. The van der Waals surface area contributed by atoms with E-state index in [1.54, 1.807) is 7.11 Å². The van der Waals surface area contributed by atoms with Gasteiger partial charge in [-0.1, -0.05) is 64.2 Å². The van der Waals surface area contributed by atoms with Crippen molar-refractivity contribution in [2.24, 2.45) is 5.92 Å². The van der Waals surface area contributed by atoms with Crippen LogP contribution in [0.15, 0.2) is 54.7 Å². The number of methoxy groups -OCH3 is 3. The van der Waals surface area contributed by atoms with Crippen LogP contribution in [0, 0.1) is 5.92 Å². The molecule has 0 saturated heterocycles. The second-order valence-electron chi connectivity index (χ2n) is 10.4. The number of benzene rings is 2. The van der Waals surface area contributed by atoms with Gasteiger partial charge >= 0.3 is 11.9 Å². The minimum Gasteiger partial charge on any atom is -0.497 e. The zero-order valence-corrected chi connectivity index (χ0v) is 23.0. The van der Waals surface area contributed by atoms with E-state index in [1.807, 2.05) is 30.3 Å². The summed E-state index contributed by atoms with van der Waals surface area (Å²) < 4.78 is 17.8. The van der Waals surface area contributed by atoms with E-state index < -0.39 is 26.1 Å². The predicted molar refractivity (Wildman–Crippen MR) is 142 cm³/mol. The highest BCUT2D eigenvalue weighted by Gasteiger charge is 2.40. The van der Waals surface area contributed by atoms with Crippen LogP contribution < -0.4 is 4.74 Å². The highest BCUT2D eigenvalue weighted by molar-refractivity contribution is 6.79. The van der Waals surface area contributed by atoms with Gasteiger partial charge in [-0.05, 0) is 40.8 Å². The van der Waals surface area contributed by atoms with Gasteiger partial charge in [0.2, 0.25) is 0 Å². The quantitative estimate of drug-likeness (QED) is 0.218. The fourth-order valence-electron chi connectivity index (χ4n) is 4.40. The number of carbonyl (C=O) groups excluding carboxylic acids is 2. The smallest absolute Gasteiger partial charge is 0.320 e. The summed E-state index contributed by atoms with van der Waals surface area (Å²) >= 11 is 0. The van der Waals surface area contributed by atoms with E-state index in [2.05, 4.69) is 62.5 Å². The molecule has 0 unspecified atom stereocenters. The maximum absolute atomic E-state index is 12.6. The number of fused-ring (bicyclic) bond motifs is 1. The van der Waals surface area contributed by atoms with Crippen LogP contribution in [0.25, 0.3) is 10.9 Å². The molecule has 0 N–H and O–H groups in total. The third-order valence-electron chi connectivity index (χ3n) is 7.52. The molecule has 0 aliphatic heterocycles. The summed E-state index contributed by atoms with van der Waals surface area (Å²) in [5.41, 5.74) is 3.23. The zero-order valence-electron chi connectivity index (χ0n) is 22.0. The molecule has 0 saturated carbocycles. The van der Waals surface area contributed by atoms with E-state index in [1.165, 1.54) is 19.7 Å². The first kappa shape index (κ1) is 26.5. The summed E-state index contributed by atoms with van der Waals surface area (Å²) in [6.45, 7) is 11.6. The first-order valence-corrected chi connectivity index (χ1v) is 14.8. The standard InChI is InChI=1S/C28H37NO5Si/c1-28(2,3)35(7,8)29-18-24(21-11-9-10-12-25(21)29)22(19-13-15-20(32-4)16-14-19)17-23(26(30)33-5)27(31)34-6/h9-16,18,22-23H,17H2,1-8H3/t22-/m1/s1. The van der Waals surface area contributed by atoms with Crippen LogP contribution >= 0.6 is 0 Å². The number of rotatable bonds is 8. The Morgan fingerprint density at radius 3 is 2.00 bits per heavy atom. The molecule has 6 nitrogen and oxygen atoms in total. The monoisotopic (exact) mass is 495 g/mol. The number of aromatic nitrogens is 1. The van der Waals surface area contributed by atoms with Crippen LogP contribution in [0.5, 0.6) is 5.75 Å². The molecule has 0 spiro atoms. The van der Waals surface area contributed by atoms with E-state index >= 15 is 0 Å². The third-order valence-corrected chi connectivity index (χ3v) is 12.8. The first-order chi connectivity index (χ1) is 16.5. The van der Waals surface area contributed by atoms with Gasteiger partial charge in [-0.25, -0.2) is 0 Å². The van der Waals surface area contributed by atoms with Crippen LogP contribution in [0.4, 0.5) is 0 Å². The topological polar surface area (TPSA) is 66.8 Å². The fourth-order valence-corrected chi connectivity index (χ4v) is 6.38. The summed E-state index contributed by atoms with van der Waals surface area (Å²) in [5, 5.41) is 1.23. The van der Waals surface area contributed by atoms with Crippen molar-refractivity contribution < 1.29 is 23.8 Å². The van der Waals surface area contributed by atoms with E-state index in [0.29, 0.717) is 0 Å². The lowest BCUT2D eigenvalue weighted by Crippen LogP contribution is -2.44. The molecule has 7 heteroatoms. The number of carbonyl (C=O) groups is 2. The van der Waals surface area contributed by atoms with Gasteiger partial charge in [0.25, 0.3) is 0 Å². The largest absolute Gasteiger partial charge is 0.497 e. The number of esters is 2. The Hall–Kier alpha value is -3.06. The van der Waals surface area contributed by atoms with Gasteiger partial charge in [0.1, 0.15) is 5.75 Å². The molecule has 0 fully saturated rings. The van der Waals surface area contributed by atoms with Crippen molar-refractivity contribution in [1.29, 1.82) is 0 Å². The molecule has 0 radical (unpaired) electrons. The highest BCUT2D eigenvalue weighted by atomic mass is 28.3. The Labute approximate surface area is 209 Å². The average molecular weight is 496 g/mol. The first-order valence-electron chi connectivity index (χ1n) is 11.9. The molecule has 1 aromatic heterocycles. The fraction of sp³-hybridized carbons (Fsp3) is 0.429. The SMILES string of the molecule is COC(=O)C(C[C@H](c1ccc(OC)cc1)c1cn([Si](C)(C)C(C)(C)C)c2ccccc12)C(=O)OC. The number of nitrogens with zero attached hydrogens (tertiary/aromatic N) is 1. The number of para-hydroxylation sites is 1. The minimum atomic E-state index is -1.97. The lowest BCUT2D eigenvalue weighted by atomic mass is 9.83. The van der Waals surface area contributed by atoms with Crippen molar-refractivity contribution in [3.05, 3.63) is 65.9 Å². The Bertz CT molecular complexity index is 1170. The predicted octanol–water partition coefficient (Wildman–Crippen LogP) is 5.99. The van der Waals surface area contributed by atoms with Gasteiger partial charge in [0.05, 0.1) is 21.3 Å². The molecule has 1 atom stereocenters. The van der Waals surface area contributed by atoms with Crippen molar-refractivity contribution in [1.82, 2.24) is 4.23 Å². The summed E-state index contributed by atoms with van der Waals surface area (Å²) in [5.74, 6) is -1.72.